The standard InChI is InChI=1S/C11H12O4/c12-7-6-10(8-13)15-11(14)9-4-2-1-3-5-9/h1-5,7,10,13H,6,8H2/t10-/m0/s1. The number of ether oxygens (including phenoxy) is 1. The van der Waals surface area contributed by atoms with Gasteiger partial charge in [0.25, 0.3) is 0 Å². The van der Waals surface area contributed by atoms with Crippen LogP contribution in [0, 0.1) is 0 Å². The number of carbonyl (C=O) groups is 2. The Morgan fingerprint density at radius 3 is 2.60 bits per heavy atom. The molecule has 0 unspecified atom stereocenters. The molecule has 0 aliphatic heterocycles. The Morgan fingerprint density at radius 2 is 2.07 bits per heavy atom. The topological polar surface area (TPSA) is 63.6 Å². The van der Waals surface area contributed by atoms with Crippen molar-refractivity contribution in [3.05, 3.63) is 35.9 Å². The van der Waals surface area contributed by atoms with Gasteiger partial charge < -0.3 is 14.6 Å². The number of aldehydes is 1. The first kappa shape index (κ1) is 11.4. The SMILES string of the molecule is O=CC[C@@H](CO)OC(=O)c1ccccc1. The second-order valence-corrected chi connectivity index (χ2v) is 2.98. The molecule has 0 aromatic heterocycles. The van der Waals surface area contributed by atoms with E-state index >= 15 is 0 Å². The van der Waals surface area contributed by atoms with Crippen molar-refractivity contribution in [2.45, 2.75) is 12.5 Å². The minimum absolute atomic E-state index is 0.00900. The van der Waals surface area contributed by atoms with E-state index in [4.69, 9.17) is 9.84 Å². The molecule has 1 atom stereocenters. The van der Waals surface area contributed by atoms with E-state index in [1.54, 1.807) is 30.3 Å². The highest BCUT2D eigenvalue weighted by atomic mass is 16.6. The summed E-state index contributed by atoms with van der Waals surface area (Å²) in [4.78, 5) is 21.6. The summed E-state index contributed by atoms with van der Waals surface area (Å²) in [7, 11) is 0. The second-order valence-electron chi connectivity index (χ2n) is 2.98. The lowest BCUT2D eigenvalue weighted by Gasteiger charge is -2.12. The molecule has 0 amide bonds. The molecule has 0 saturated heterocycles. The minimum atomic E-state index is -0.754. The maximum absolute atomic E-state index is 11.4. The maximum Gasteiger partial charge on any atom is 0.338 e. The zero-order chi connectivity index (χ0) is 11.1. The number of aliphatic hydroxyl groups is 1. The molecule has 0 bridgehead atoms. The van der Waals surface area contributed by atoms with E-state index in [0.29, 0.717) is 11.8 Å². The normalized spacial score (nSPS) is 11.8. The highest BCUT2D eigenvalue weighted by Gasteiger charge is 2.14. The Kier molecular flexibility index (Phi) is 4.50. The third-order valence-electron chi connectivity index (χ3n) is 1.85. The van der Waals surface area contributed by atoms with Gasteiger partial charge in [-0.1, -0.05) is 18.2 Å². The summed E-state index contributed by atoms with van der Waals surface area (Å²) < 4.78 is 4.91. The quantitative estimate of drug-likeness (QED) is 0.574. The van der Waals surface area contributed by atoms with Crippen LogP contribution in [0.25, 0.3) is 0 Å². The fourth-order valence-electron chi connectivity index (χ4n) is 1.06. The van der Waals surface area contributed by atoms with Crippen LogP contribution in [0.4, 0.5) is 0 Å². The summed E-state index contributed by atoms with van der Waals surface area (Å²) in [6.07, 6.45) is -0.135. The minimum Gasteiger partial charge on any atom is -0.456 e. The molecule has 1 aromatic rings. The van der Waals surface area contributed by atoms with Crippen LogP contribution < -0.4 is 0 Å². The summed E-state index contributed by atoms with van der Waals surface area (Å²) in [5.41, 5.74) is 0.404. The second kappa shape index (κ2) is 5.93. The first-order valence-corrected chi connectivity index (χ1v) is 4.58. The Balaban J connectivity index is 2.58. The number of esters is 1. The number of hydrogen-bond acceptors (Lipinski definition) is 4. The van der Waals surface area contributed by atoms with Gasteiger partial charge in [0.15, 0.2) is 0 Å². The van der Waals surface area contributed by atoms with E-state index in [1.807, 2.05) is 0 Å². The van der Waals surface area contributed by atoms with Crippen LogP contribution in [-0.2, 0) is 9.53 Å². The van der Waals surface area contributed by atoms with Crippen molar-refractivity contribution < 1.29 is 19.4 Å². The van der Waals surface area contributed by atoms with Crippen LogP contribution in [0.1, 0.15) is 16.8 Å². The molecule has 0 radical (unpaired) electrons. The molecule has 1 rings (SSSR count). The van der Waals surface area contributed by atoms with E-state index in [2.05, 4.69) is 0 Å². The summed E-state index contributed by atoms with van der Waals surface area (Å²) in [6, 6.07) is 8.43. The molecule has 0 spiro atoms. The monoisotopic (exact) mass is 208 g/mol. The van der Waals surface area contributed by atoms with Crippen LogP contribution in [-0.4, -0.2) is 30.1 Å². The lowest BCUT2D eigenvalue weighted by molar-refractivity contribution is -0.110. The van der Waals surface area contributed by atoms with Crippen LogP contribution in [0.3, 0.4) is 0 Å². The van der Waals surface area contributed by atoms with Gasteiger partial charge in [-0.3, -0.25) is 0 Å². The van der Waals surface area contributed by atoms with E-state index in [0.717, 1.165) is 0 Å². The zero-order valence-corrected chi connectivity index (χ0v) is 8.13. The Labute approximate surface area is 87.5 Å². The van der Waals surface area contributed by atoms with Crippen molar-refractivity contribution >= 4 is 12.3 Å². The summed E-state index contributed by atoms with van der Waals surface area (Å²) in [6.45, 7) is -0.350. The first-order chi connectivity index (χ1) is 7.27. The van der Waals surface area contributed by atoms with Crippen molar-refractivity contribution in [2.75, 3.05) is 6.61 Å². The molecule has 0 aliphatic rings. The summed E-state index contributed by atoms with van der Waals surface area (Å²) in [5, 5.41) is 8.82. The van der Waals surface area contributed by atoms with Crippen molar-refractivity contribution in [1.29, 1.82) is 0 Å². The Morgan fingerprint density at radius 1 is 1.40 bits per heavy atom. The molecular weight excluding hydrogens is 196 g/mol. The fourth-order valence-corrected chi connectivity index (χ4v) is 1.06. The molecule has 4 heteroatoms. The molecule has 0 aliphatic carbocycles. The number of rotatable bonds is 5. The average Bonchev–Trinajstić information content (AvgIpc) is 2.29. The van der Waals surface area contributed by atoms with Crippen LogP contribution in [0.2, 0.25) is 0 Å². The van der Waals surface area contributed by atoms with Gasteiger partial charge in [0, 0.05) is 6.42 Å². The third-order valence-corrected chi connectivity index (χ3v) is 1.85. The van der Waals surface area contributed by atoms with Crippen LogP contribution in [0.5, 0.6) is 0 Å². The largest absolute Gasteiger partial charge is 0.456 e. The van der Waals surface area contributed by atoms with Crippen LogP contribution in [0.15, 0.2) is 30.3 Å². The molecule has 1 N–H and O–H groups in total. The predicted molar refractivity (Wildman–Crippen MR) is 53.4 cm³/mol. The highest BCUT2D eigenvalue weighted by molar-refractivity contribution is 5.89. The van der Waals surface area contributed by atoms with Gasteiger partial charge in [-0.25, -0.2) is 4.79 Å². The molecule has 0 heterocycles. The lowest BCUT2D eigenvalue weighted by atomic mass is 10.2. The third kappa shape index (κ3) is 3.52. The van der Waals surface area contributed by atoms with Crippen molar-refractivity contribution in [1.82, 2.24) is 0 Å². The van der Waals surface area contributed by atoms with Gasteiger partial charge >= 0.3 is 5.97 Å². The number of hydrogen-bond donors (Lipinski definition) is 1. The van der Waals surface area contributed by atoms with Crippen LogP contribution >= 0.6 is 0 Å². The van der Waals surface area contributed by atoms with Gasteiger partial charge in [0.05, 0.1) is 12.2 Å². The Bertz CT molecular complexity index is 321. The number of aliphatic hydroxyl groups excluding tert-OH is 1. The van der Waals surface area contributed by atoms with E-state index in [1.165, 1.54) is 0 Å². The number of carbonyl (C=O) groups excluding carboxylic acids is 2. The summed E-state index contributed by atoms with van der Waals surface area (Å²) in [5.74, 6) is -0.531. The van der Waals surface area contributed by atoms with Gasteiger partial charge in [-0.15, -0.1) is 0 Å². The predicted octanol–water partition coefficient (Wildman–Crippen LogP) is 0.793. The molecule has 4 nitrogen and oxygen atoms in total. The highest BCUT2D eigenvalue weighted by Crippen LogP contribution is 2.05. The van der Waals surface area contributed by atoms with E-state index in [9.17, 15) is 9.59 Å². The molecular formula is C11H12O4. The molecule has 0 fully saturated rings. The molecule has 80 valence electrons. The zero-order valence-electron chi connectivity index (χ0n) is 8.13. The smallest absolute Gasteiger partial charge is 0.338 e. The average molecular weight is 208 g/mol. The van der Waals surface area contributed by atoms with Gasteiger partial charge in [-0.05, 0) is 12.1 Å². The van der Waals surface area contributed by atoms with Crippen molar-refractivity contribution in [3.63, 3.8) is 0 Å². The van der Waals surface area contributed by atoms with Crippen molar-refractivity contribution in [3.8, 4) is 0 Å². The first-order valence-electron chi connectivity index (χ1n) is 4.58. The van der Waals surface area contributed by atoms with Gasteiger partial charge in [0.1, 0.15) is 12.4 Å². The van der Waals surface area contributed by atoms with E-state index < -0.39 is 12.1 Å². The lowest BCUT2D eigenvalue weighted by Crippen LogP contribution is -2.22. The summed E-state index contributed by atoms with van der Waals surface area (Å²) >= 11 is 0. The molecule has 15 heavy (non-hydrogen) atoms. The van der Waals surface area contributed by atoms with Gasteiger partial charge in [0.2, 0.25) is 0 Å². The maximum atomic E-state index is 11.4. The molecule has 1 aromatic carbocycles. The fraction of sp³-hybridized carbons (Fsp3) is 0.273. The van der Waals surface area contributed by atoms with Crippen molar-refractivity contribution in [2.24, 2.45) is 0 Å². The molecule has 0 saturated carbocycles. The number of benzene rings is 1. The Hall–Kier alpha value is -1.68. The van der Waals surface area contributed by atoms with Gasteiger partial charge in [-0.2, -0.15) is 0 Å². The van der Waals surface area contributed by atoms with E-state index in [-0.39, 0.29) is 13.0 Å².